The van der Waals surface area contributed by atoms with E-state index in [4.69, 9.17) is 4.74 Å². The van der Waals surface area contributed by atoms with Crippen molar-refractivity contribution in [1.29, 1.82) is 0 Å². The molecule has 4 rings (SSSR count). The highest BCUT2D eigenvalue weighted by Crippen LogP contribution is 2.27. The normalized spacial score (nSPS) is 14.3. The molecule has 1 aliphatic rings. The van der Waals surface area contributed by atoms with Gasteiger partial charge in [-0.2, -0.15) is 5.10 Å². The van der Waals surface area contributed by atoms with E-state index >= 15 is 0 Å². The third kappa shape index (κ3) is 4.33. The number of morpholine rings is 1. The van der Waals surface area contributed by atoms with Crippen LogP contribution in [0.25, 0.3) is 11.0 Å². The Morgan fingerprint density at radius 3 is 2.90 bits per heavy atom. The van der Waals surface area contributed by atoms with Crippen LogP contribution in [0, 0.1) is 5.82 Å². The van der Waals surface area contributed by atoms with Crippen molar-refractivity contribution in [2.45, 2.75) is 11.7 Å². The van der Waals surface area contributed by atoms with Gasteiger partial charge in [-0.1, -0.05) is 17.8 Å². The number of nitrogens with one attached hydrogen (secondary N) is 1. The average Bonchev–Trinajstić information content (AvgIpc) is 3.16. The largest absolute Gasteiger partial charge is 0.378 e. The van der Waals surface area contributed by atoms with Gasteiger partial charge in [-0.05, 0) is 24.5 Å². The van der Waals surface area contributed by atoms with E-state index in [1.807, 2.05) is 6.26 Å². The molecule has 0 radical (unpaired) electrons. The molecule has 0 spiro atoms. The third-order valence-corrected chi connectivity index (χ3v) is 5.19. The van der Waals surface area contributed by atoms with Gasteiger partial charge in [0.15, 0.2) is 10.8 Å². The van der Waals surface area contributed by atoms with Crippen LogP contribution in [0.2, 0.25) is 0 Å². The fourth-order valence-corrected chi connectivity index (χ4v) is 3.55. The van der Waals surface area contributed by atoms with Crippen LogP contribution in [0.4, 0.5) is 10.2 Å². The Balaban J connectivity index is 1.51. The van der Waals surface area contributed by atoms with Crippen LogP contribution in [0.5, 0.6) is 0 Å². The maximum Gasteiger partial charge on any atom is 0.251 e. The molecule has 1 aliphatic heterocycles. The quantitative estimate of drug-likeness (QED) is 0.486. The fourth-order valence-electron chi connectivity index (χ4n) is 3.20. The zero-order chi connectivity index (χ0) is 20.2. The molecule has 1 N–H and O–H groups in total. The number of aromatic nitrogens is 4. The third-order valence-electron chi connectivity index (χ3n) is 4.64. The molecule has 0 unspecified atom stereocenters. The Kier molecular flexibility index (Phi) is 5.91. The number of rotatable bonds is 6. The van der Waals surface area contributed by atoms with Gasteiger partial charge in [0.2, 0.25) is 0 Å². The number of ether oxygens (including phenoxy) is 1. The zero-order valence-corrected chi connectivity index (χ0v) is 16.8. The second-order valence-electron chi connectivity index (χ2n) is 6.50. The Morgan fingerprint density at radius 1 is 1.31 bits per heavy atom. The van der Waals surface area contributed by atoms with Crippen LogP contribution < -0.4 is 10.2 Å². The second kappa shape index (κ2) is 8.75. The van der Waals surface area contributed by atoms with Crippen LogP contribution >= 0.6 is 11.8 Å². The topological polar surface area (TPSA) is 85.2 Å². The van der Waals surface area contributed by atoms with E-state index in [9.17, 15) is 9.18 Å². The fraction of sp³-hybridized carbons (Fsp3) is 0.368. The number of thioether (sulfide) groups is 1. The number of halogens is 1. The van der Waals surface area contributed by atoms with E-state index in [1.165, 1.54) is 30.0 Å². The lowest BCUT2D eigenvalue weighted by molar-refractivity contribution is 0.0951. The molecule has 1 amide bonds. The van der Waals surface area contributed by atoms with Crippen molar-refractivity contribution in [2.24, 2.45) is 0 Å². The number of fused-ring (bicyclic) bond motifs is 1. The van der Waals surface area contributed by atoms with Crippen molar-refractivity contribution in [3.05, 3.63) is 41.8 Å². The molecule has 0 atom stereocenters. The Hall–Kier alpha value is -2.72. The van der Waals surface area contributed by atoms with Gasteiger partial charge in [0.1, 0.15) is 11.6 Å². The smallest absolute Gasteiger partial charge is 0.251 e. The number of hydrogen-bond acceptors (Lipinski definition) is 7. The number of benzene rings is 1. The highest BCUT2D eigenvalue weighted by molar-refractivity contribution is 7.98. The van der Waals surface area contributed by atoms with Crippen LogP contribution in [-0.4, -0.2) is 64.8 Å². The SMILES string of the molecule is CSc1nc(N2CCOCC2)c2cnn(CCNC(=O)c3cccc(F)c3)c2n1. The Morgan fingerprint density at radius 2 is 2.14 bits per heavy atom. The van der Waals surface area contributed by atoms with E-state index in [2.05, 4.69) is 25.3 Å². The number of carbonyl (C=O) groups excluding carboxylic acids is 1. The molecule has 3 heterocycles. The zero-order valence-electron chi connectivity index (χ0n) is 16.0. The highest BCUT2D eigenvalue weighted by Gasteiger charge is 2.20. The van der Waals surface area contributed by atoms with Crippen molar-refractivity contribution < 1.29 is 13.9 Å². The Bertz CT molecular complexity index is 1020. The van der Waals surface area contributed by atoms with Crippen molar-refractivity contribution in [2.75, 3.05) is 44.0 Å². The standard InChI is InChI=1S/C19H21FN6O2S/c1-29-19-23-16(25-7-9-28-10-8-25)15-12-22-26(17(15)24-19)6-5-21-18(27)13-3-2-4-14(20)11-13/h2-4,11-12H,5-10H2,1H3,(H,21,27). The van der Waals surface area contributed by atoms with E-state index < -0.39 is 5.82 Å². The van der Waals surface area contributed by atoms with Crippen LogP contribution in [0.15, 0.2) is 35.6 Å². The first-order chi connectivity index (χ1) is 14.2. The van der Waals surface area contributed by atoms with Crippen molar-refractivity contribution >= 4 is 34.5 Å². The lowest BCUT2D eigenvalue weighted by Crippen LogP contribution is -2.37. The molecule has 3 aromatic rings. The highest BCUT2D eigenvalue weighted by atomic mass is 32.2. The molecule has 1 aromatic carbocycles. The van der Waals surface area contributed by atoms with E-state index in [1.54, 1.807) is 16.9 Å². The molecular formula is C19H21FN6O2S. The van der Waals surface area contributed by atoms with Gasteiger partial charge in [-0.15, -0.1) is 0 Å². The van der Waals surface area contributed by atoms with Gasteiger partial charge in [0.25, 0.3) is 5.91 Å². The van der Waals surface area contributed by atoms with Gasteiger partial charge in [-0.25, -0.2) is 19.0 Å². The summed E-state index contributed by atoms with van der Waals surface area (Å²) in [6.07, 6.45) is 3.70. The second-order valence-corrected chi connectivity index (χ2v) is 7.28. The first-order valence-corrected chi connectivity index (χ1v) is 10.5. The molecule has 152 valence electrons. The first-order valence-electron chi connectivity index (χ1n) is 9.29. The van der Waals surface area contributed by atoms with Crippen molar-refractivity contribution in [3.8, 4) is 0 Å². The molecule has 1 saturated heterocycles. The number of hydrogen-bond donors (Lipinski definition) is 1. The average molecular weight is 416 g/mol. The predicted octanol–water partition coefficient (Wildman–Crippen LogP) is 1.95. The van der Waals surface area contributed by atoms with E-state index in [-0.39, 0.29) is 11.5 Å². The van der Waals surface area contributed by atoms with Crippen molar-refractivity contribution in [1.82, 2.24) is 25.1 Å². The first kappa shape index (κ1) is 19.6. The maximum atomic E-state index is 13.3. The maximum absolute atomic E-state index is 13.3. The molecule has 10 heteroatoms. The Labute approximate surface area is 171 Å². The van der Waals surface area contributed by atoms with Gasteiger partial charge in [0, 0.05) is 25.2 Å². The minimum absolute atomic E-state index is 0.289. The lowest BCUT2D eigenvalue weighted by Gasteiger charge is -2.28. The summed E-state index contributed by atoms with van der Waals surface area (Å²) in [6.45, 7) is 3.67. The number of amides is 1. The molecule has 0 bridgehead atoms. The number of nitrogens with zero attached hydrogens (tertiary/aromatic N) is 5. The van der Waals surface area contributed by atoms with E-state index in [0.29, 0.717) is 31.5 Å². The number of carbonyl (C=O) groups is 1. The summed E-state index contributed by atoms with van der Waals surface area (Å²) >= 11 is 1.47. The van der Waals surface area contributed by atoms with Gasteiger partial charge in [-0.3, -0.25) is 4.79 Å². The number of anilines is 1. The summed E-state index contributed by atoms with van der Waals surface area (Å²) < 4.78 is 20.5. The van der Waals surface area contributed by atoms with Gasteiger partial charge in [0.05, 0.1) is 31.3 Å². The molecule has 29 heavy (non-hydrogen) atoms. The van der Waals surface area contributed by atoms with Crippen molar-refractivity contribution in [3.63, 3.8) is 0 Å². The molecule has 0 aliphatic carbocycles. The summed E-state index contributed by atoms with van der Waals surface area (Å²) in [7, 11) is 0. The molecular weight excluding hydrogens is 395 g/mol. The van der Waals surface area contributed by atoms with E-state index in [0.717, 1.165) is 29.9 Å². The lowest BCUT2D eigenvalue weighted by atomic mass is 10.2. The predicted molar refractivity (Wildman–Crippen MR) is 109 cm³/mol. The minimum atomic E-state index is -0.437. The molecule has 0 saturated carbocycles. The molecule has 2 aromatic heterocycles. The van der Waals surface area contributed by atoms with Crippen LogP contribution in [-0.2, 0) is 11.3 Å². The van der Waals surface area contributed by atoms with Crippen LogP contribution in [0.3, 0.4) is 0 Å². The summed E-state index contributed by atoms with van der Waals surface area (Å²) in [5.41, 5.74) is 1.02. The molecule has 8 nitrogen and oxygen atoms in total. The molecule has 1 fully saturated rings. The summed E-state index contributed by atoms with van der Waals surface area (Å²) in [5, 5.41) is 8.79. The van der Waals surface area contributed by atoms with Crippen LogP contribution in [0.1, 0.15) is 10.4 Å². The minimum Gasteiger partial charge on any atom is -0.378 e. The van der Waals surface area contributed by atoms with Gasteiger partial charge >= 0.3 is 0 Å². The van der Waals surface area contributed by atoms with Gasteiger partial charge < -0.3 is 15.0 Å². The summed E-state index contributed by atoms with van der Waals surface area (Å²) in [4.78, 5) is 23.7. The monoisotopic (exact) mass is 416 g/mol. The summed E-state index contributed by atoms with van der Waals surface area (Å²) in [6, 6.07) is 5.61. The summed E-state index contributed by atoms with van der Waals surface area (Å²) in [5.74, 6) is 0.0970.